The second kappa shape index (κ2) is 10.0. The normalized spacial score (nSPS) is 15.1. The van der Waals surface area contributed by atoms with E-state index >= 15 is 0 Å². The van der Waals surface area contributed by atoms with Crippen LogP contribution in [0.1, 0.15) is 31.2 Å². The van der Waals surface area contributed by atoms with Gasteiger partial charge in [0.05, 0.1) is 0 Å². The van der Waals surface area contributed by atoms with Crippen molar-refractivity contribution in [1.82, 2.24) is 19.6 Å². The third-order valence-corrected chi connectivity index (χ3v) is 5.67. The van der Waals surface area contributed by atoms with Crippen molar-refractivity contribution in [2.75, 3.05) is 44.2 Å². The minimum atomic E-state index is 0.151. The predicted octanol–water partition coefficient (Wildman–Crippen LogP) is 2.82. The first-order chi connectivity index (χ1) is 13.1. The second-order valence-electron chi connectivity index (χ2n) is 6.73. The summed E-state index contributed by atoms with van der Waals surface area (Å²) in [6.45, 7) is 7.50. The molecular formula is C19H26ClN5OS. The standard InChI is InChI=1S/C19H26ClN5OS/c1-2-3-18(26)21-8-9-24-10-12-25(13-11-24)19-22-17(23-27-19)14-15-4-6-16(20)7-5-15/h4-7H,2-3,8-14H2,1H3,(H,21,26). The van der Waals surface area contributed by atoms with Crippen LogP contribution >= 0.6 is 23.1 Å². The van der Waals surface area contributed by atoms with Crippen LogP contribution < -0.4 is 10.2 Å². The molecule has 1 aliphatic rings. The van der Waals surface area contributed by atoms with E-state index in [9.17, 15) is 4.79 Å². The lowest BCUT2D eigenvalue weighted by molar-refractivity contribution is -0.121. The number of carbonyl (C=O) groups is 1. The molecule has 0 spiro atoms. The van der Waals surface area contributed by atoms with Crippen LogP contribution in [0.3, 0.4) is 0 Å². The molecule has 0 bridgehead atoms. The smallest absolute Gasteiger partial charge is 0.220 e. The molecule has 146 valence electrons. The molecule has 1 aromatic carbocycles. The maximum absolute atomic E-state index is 11.5. The third kappa shape index (κ3) is 6.16. The molecule has 0 unspecified atom stereocenters. The fourth-order valence-corrected chi connectivity index (χ4v) is 3.92. The number of rotatable bonds is 8. The second-order valence-corrected chi connectivity index (χ2v) is 7.89. The van der Waals surface area contributed by atoms with Crippen LogP contribution in [0, 0.1) is 0 Å². The van der Waals surface area contributed by atoms with Crippen molar-refractivity contribution < 1.29 is 4.79 Å². The van der Waals surface area contributed by atoms with Crippen molar-refractivity contribution in [2.24, 2.45) is 0 Å². The van der Waals surface area contributed by atoms with Gasteiger partial charge in [-0.25, -0.2) is 4.98 Å². The van der Waals surface area contributed by atoms with E-state index in [-0.39, 0.29) is 5.91 Å². The maximum atomic E-state index is 11.5. The summed E-state index contributed by atoms with van der Waals surface area (Å²) in [7, 11) is 0. The molecule has 1 fully saturated rings. The van der Waals surface area contributed by atoms with Crippen LogP contribution in [-0.2, 0) is 11.2 Å². The summed E-state index contributed by atoms with van der Waals surface area (Å²) in [6, 6.07) is 7.82. The molecule has 6 nitrogen and oxygen atoms in total. The molecule has 0 saturated carbocycles. The Morgan fingerprint density at radius 3 is 2.67 bits per heavy atom. The van der Waals surface area contributed by atoms with Gasteiger partial charge in [0.15, 0.2) is 0 Å². The van der Waals surface area contributed by atoms with Crippen molar-refractivity contribution >= 4 is 34.2 Å². The van der Waals surface area contributed by atoms with Gasteiger partial charge in [-0.05, 0) is 24.1 Å². The van der Waals surface area contributed by atoms with Gasteiger partial charge in [-0.2, -0.15) is 4.37 Å². The number of carbonyl (C=O) groups excluding carboxylic acids is 1. The topological polar surface area (TPSA) is 61.4 Å². The summed E-state index contributed by atoms with van der Waals surface area (Å²) in [4.78, 5) is 20.9. The number of amides is 1. The summed E-state index contributed by atoms with van der Waals surface area (Å²) >= 11 is 7.40. The zero-order chi connectivity index (χ0) is 19.1. The van der Waals surface area contributed by atoms with E-state index in [1.54, 1.807) is 0 Å². The highest BCUT2D eigenvalue weighted by Gasteiger charge is 2.20. The van der Waals surface area contributed by atoms with E-state index in [0.29, 0.717) is 6.42 Å². The molecule has 3 rings (SSSR count). The monoisotopic (exact) mass is 407 g/mol. The fraction of sp³-hybridized carbons (Fsp3) is 0.526. The highest BCUT2D eigenvalue weighted by Crippen LogP contribution is 2.21. The number of benzene rings is 1. The van der Waals surface area contributed by atoms with Crippen molar-refractivity contribution in [2.45, 2.75) is 26.2 Å². The van der Waals surface area contributed by atoms with Gasteiger partial charge in [0, 0.05) is 68.7 Å². The van der Waals surface area contributed by atoms with Crippen LogP contribution in [-0.4, -0.2) is 59.4 Å². The Morgan fingerprint density at radius 1 is 1.22 bits per heavy atom. The molecule has 1 saturated heterocycles. The highest BCUT2D eigenvalue weighted by molar-refractivity contribution is 7.09. The van der Waals surface area contributed by atoms with Gasteiger partial charge in [0.25, 0.3) is 0 Å². The molecule has 1 aliphatic heterocycles. The van der Waals surface area contributed by atoms with Crippen LogP contribution in [0.2, 0.25) is 5.02 Å². The fourth-order valence-electron chi connectivity index (χ4n) is 3.06. The quantitative estimate of drug-likeness (QED) is 0.729. The number of aromatic nitrogens is 2. The number of hydrogen-bond acceptors (Lipinski definition) is 6. The number of nitrogens with zero attached hydrogens (tertiary/aromatic N) is 4. The summed E-state index contributed by atoms with van der Waals surface area (Å²) in [5.41, 5.74) is 1.17. The molecule has 0 radical (unpaired) electrons. The van der Waals surface area contributed by atoms with Crippen LogP contribution in [0.4, 0.5) is 5.13 Å². The minimum Gasteiger partial charge on any atom is -0.355 e. The van der Waals surface area contributed by atoms with Crippen LogP contribution in [0.25, 0.3) is 0 Å². The number of halogens is 1. The van der Waals surface area contributed by atoms with Gasteiger partial charge in [0.1, 0.15) is 5.82 Å². The van der Waals surface area contributed by atoms with E-state index in [4.69, 9.17) is 16.6 Å². The van der Waals surface area contributed by atoms with Gasteiger partial charge < -0.3 is 10.2 Å². The minimum absolute atomic E-state index is 0.151. The molecule has 2 heterocycles. The Kier molecular flexibility index (Phi) is 7.43. The van der Waals surface area contributed by atoms with Gasteiger partial charge in [-0.3, -0.25) is 9.69 Å². The summed E-state index contributed by atoms with van der Waals surface area (Å²) in [5.74, 6) is 1.01. The molecule has 2 aromatic rings. The van der Waals surface area contributed by atoms with Crippen molar-refractivity contribution in [3.63, 3.8) is 0 Å². The Hall–Kier alpha value is -1.70. The van der Waals surface area contributed by atoms with Gasteiger partial charge in [0.2, 0.25) is 11.0 Å². The first-order valence-corrected chi connectivity index (χ1v) is 10.6. The average molecular weight is 408 g/mol. The first-order valence-electron chi connectivity index (χ1n) is 9.45. The molecule has 1 amide bonds. The molecule has 27 heavy (non-hydrogen) atoms. The summed E-state index contributed by atoms with van der Waals surface area (Å²) in [6.07, 6.45) is 2.24. The van der Waals surface area contributed by atoms with Crippen molar-refractivity contribution in [3.8, 4) is 0 Å². The maximum Gasteiger partial charge on any atom is 0.220 e. The molecular weight excluding hydrogens is 382 g/mol. The zero-order valence-electron chi connectivity index (χ0n) is 15.7. The molecule has 8 heteroatoms. The number of piperazine rings is 1. The Bertz CT molecular complexity index is 728. The largest absolute Gasteiger partial charge is 0.355 e. The van der Waals surface area contributed by atoms with E-state index in [1.165, 1.54) is 17.1 Å². The van der Waals surface area contributed by atoms with Gasteiger partial charge in [-0.1, -0.05) is 30.7 Å². The molecule has 0 atom stereocenters. The number of anilines is 1. The van der Waals surface area contributed by atoms with Crippen LogP contribution in [0.15, 0.2) is 24.3 Å². The highest BCUT2D eigenvalue weighted by atomic mass is 35.5. The lowest BCUT2D eigenvalue weighted by atomic mass is 10.1. The lowest BCUT2D eigenvalue weighted by Crippen LogP contribution is -2.48. The number of hydrogen-bond donors (Lipinski definition) is 1. The van der Waals surface area contributed by atoms with E-state index < -0.39 is 0 Å². The predicted molar refractivity (Wildman–Crippen MR) is 111 cm³/mol. The summed E-state index contributed by atoms with van der Waals surface area (Å²) < 4.78 is 4.51. The van der Waals surface area contributed by atoms with Crippen LogP contribution in [0.5, 0.6) is 0 Å². The van der Waals surface area contributed by atoms with Crippen molar-refractivity contribution in [1.29, 1.82) is 0 Å². The lowest BCUT2D eigenvalue weighted by Gasteiger charge is -2.34. The van der Waals surface area contributed by atoms with Gasteiger partial charge in [-0.15, -0.1) is 0 Å². The van der Waals surface area contributed by atoms with Crippen molar-refractivity contribution in [3.05, 3.63) is 40.7 Å². The Morgan fingerprint density at radius 2 is 1.96 bits per heavy atom. The zero-order valence-corrected chi connectivity index (χ0v) is 17.2. The first kappa shape index (κ1) is 20.0. The van der Waals surface area contributed by atoms with E-state index in [0.717, 1.165) is 68.1 Å². The van der Waals surface area contributed by atoms with E-state index in [1.807, 2.05) is 31.2 Å². The average Bonchev–Trinajstić information content (AvgIpc) is 3.13. The number of nitrogens with one attached hydrogen (secondary N) is 1. The van der Waals surface area contributed by atoms with E-state index in [2.05, 4.69) is 19.5 Å². The Labute approximate surface area is 169 Å². The molecule has 0 aliphatic carbocycles. The third-order valence-electron chi connectivity index (χ3n) is 4.60. The molecule has 1 N–H and O–H groups in total. The van der Waals surface area contributed by atoms with Gasteiger partial charge >= 0.3 is 0 Å². The molecule has 1 aromatic heterocycles. The Balaban J connectivity index is 1.42. The SMILES string of the molecule is CCCC(=O)NCCN1CCN(c2nc(Cc3ccc(Cl)cc3)ns2)CC1. The summed E-state index contributed by atoms with van der Waals surface area (Å²) in [5, 5.41) is 4.72.